The van der Waals surface area contributed by atoms with Gasteiger partial charge in [0.1, 0.15) is 11.2 Å². The van der Waals surface area contributed by atoms with Crippen molar-refractivity contribution in [1.29, 1.82) is 0 Å². The smallest absolute Gasteiger partial charge is 0.224 e. The molecule has 2 aromatic carbocycles. The van der Waals surface area contributed by atoms with Crippen LogP contribution in [0.25, 0.3) is 10.9 Å². The second kappa shape index (κ2) is 5.44. The van der Waals surface area contributed by atoms with Crippen LogP contribution in [-0.4, -0.2) is 0 Å². The molecule has 0 N–H and O–H groups in total. The lowest BCUT2D eigenvalue weighted by atomic mass is 10.1. The number of aryl methyl sites for hydroxylation is 3. The first kappa shape index (κ1) is 13.4. The molecule has 0 amide bonds. The molecular formula is C18H18N3+. The van der Waals surface area contributed by atoms with Gasteiger partial charge >= 0.3 is 5.82 Å². The highest BCUT2D eigenvalue weighted by molar-refractivity contribution is 5.76. The van der Waals surface area contributed by atoms with Gasteiger partial charge in [0.15, 0.2) is 0 Å². The SMILES string of the molecule is Cc1ccc(N=Nc2ccc3ccccc3[n+]2C)c(C)c1. The van der Waals surface area contributed by atoms with E-state index in [9.17, 15) is 0 Å². The number of rotatable bonds is 2. The lowest BCUT2D eigenvalue weighted by molar-refractivity contribution is -0.631. The highest BCUT2D eigenvalue weighted by atomic mass is 15.2. The highest BCUT2D eigenvalue weighted by Crippen LogP contribution is 2.22. The first-order chi connectivity index (χ1) is 10.1. The van der Waals surface area contributed by atoms with E-state index in [1.54, 1.807) is 0 Å². The second-order valence-electron chi connectivity index (χ2n) is 5.30. The average Bonchev–Trinajstić information content (AvgIpc) is 2.48. The minimum Gasteiger partial charge on any atom is -0.224 e. The quantitative estimate of drug-likeness (QED) is 0.479. The summed E-state index contributed by atoms with van der Waals surface area (Å²) in [6, 6.07) is 18.5. The van der Waals surface area contributed by atoms with Crippen LogP contribution in [0.4, 0.5) is 11.5 Å². The molecule has 3 rings (SSSR count). The fourth-order valence-electron chi connectivity index (χ4n) is 2.46. The Morgan fingerprint density at radius 1 is 0.857 bits per heavy atom. The van der Waals surface area contributed by atoms with E-state index in [4.69, 9.17) is 0 Å². The normalized spacial score (nSPS) is 11.4. The molecule has 0 fully saturated rings. The maximum atomic E-state index is 4.40. The van der Waals surface area contributed by atoms with Crippen molar-refractivity contribution in [1.82, 2.24) is 0 Å². The van der Waals surface area contributed by atoms with E-state index >= 15 is 0 Å². The first-order valence-electron chi connectivity index (χ1n) is 7.02. The number of hydrogen-bond donors (Lipinski definition) is 0. The van der Waals surface area contributed by atoms with Crippen LogP contribution in [0.1, 0.15) is 11.1 Å². The molecule has 0 aliphatic rings. The third kappa shape index (κ3) is 2.68. The highest BCUT2D eigenvalue weighted by Gasteiger charge is 2.10. The van der Waals surface area contributed by atoms with Crippen LogP contribution in [0, 0.1) is 13.8 Å². The van der Waals surface area contributed by atoms with Crippen molar-refractivity contribution in [3.8, 4) is 0 Å². The number of fused-ring (bicyclic) bond motifs is 1. The molecule has 104 valence electrons. The van der Waals surface area contributed by atoms with Gasteiger partial charge < -0.3 is 0 Å². The number of para-hydroxylation sites is 1. The molecule has 0 aliphatic carbocycles. The molecule has 0 saturated heterocycles. The van der Waals surface area contributed by atoms with E-state index in [0.717, 1.165) is 22.6 Å². The van der Waals surface area contributed by atoms with Crippen molar-refractivity contribution >= 4 is 22.4 Å². The Kier molecular flexibility index (Phi) is 3.48. The zero-order chi connectivity index (χ0) is 14.8. The Hall–Kier alpha value is -2.55. The molecule has 0 radical (unpaired) electrons. The molecule has 0 saturated carbocycles. The fourth-order valence-corrected chi connectivity index (χ4v) is 2.46. The summed E-state index contributed by atoms with van der Waals surface area (Å²) < 4.78 is 2.06. The monoisotopic (exact) mass is 276 g/mol. The number of azo groups is 1. The lowest BCUT2D eigenvalue weighted by Gasteiger charge is -2.00. The topological polar surface area (TPSA) is 28.6 Å². The molecule has 3 nitrogen and oxygen atoms in total. The number of benzene rings is 2. The minimum absolute atomic E-state index is 0.841. The van der Waals surface area contributed by atoms with E-state index in [1.165, 1.54) is 10.9 Å². The van der Waals surface area contributed by atoms with Crippen molar-refractivity contribution in [3.63, 3.8) is 0 Å². The molecule has 3 aromatic rings. The van der Waals surface area contributed by atoms with Crippen LogP contribution < -0.4 is 4.57 Å². The van der Waals surface area contributed by atoms with Crippen LogP contribution >= 0.6 is 0 Å². The molecule has 0 atom stereocenters. The summed E-state index contributed by atoms with van der Waals surface area (Å²) in [4.78, 5) is 0. The maximum Gasteiger partial charge on any atom is 0.350 e. The van der Waals surface area contributed by atoms with E-state index in [0.29, 0.717) is 0 Å². The number of pyridine rings is 1. The molecule has 1 heterocycles. The first-order valence-corrected chi connectivity index (χ1v) is 7.02. The van der Waals surface area contributed by atoms with Crippen molar-refractivity contribution in [2.24, 2.45) is 17.3 Å². The van der Waals surface area contributed by atoms with Gasteiger partial charge in [0, 0.05) is 11.5 Å². The Bertz CT molecular complexity index is 835. The van der Waals surface area contributed by atoms with Gasteiger partial charge in [0.2, 0.25) is 0 Å². The summed E-state index contributed by atoms with van der Waals surface area (Å²) in [7, 11) is 2.01. The van der Waals surface area contributed by atoms with Gasteiger partial charge in [0.25, 0.3) is 0 Å². The van der Waals surface area contributed by atoms with E-state index in [2.05, 4.69) is 59.0 Å². The zero-order valence-corrected chi connectivity index (χ0v) is 12.5. The molecule has 0 bridgehead atoms. The summed E-state index contributed by atoms with van der Waals surface area (Å²) >= 11 is 0. The van der Waals surface area contributed by atoms with Gasteiger partial charge in [-0.05, 0) is 42.7 Å². The van der Waals surface area contributed by atoms with Gasteiger partial charge in [-0.3, -0.25) is 0 Å². The van der Waals surface area contributed by atoms with Gasteiger partial charge in [-0.2, -0.15) is 0 Å². The summed E-state index contributed by atoms with van der Waals surface area (Å²) in [5.74, 6) is 0.841. The molecule has 0 unspecified atom stereocenters. The summed E-state index contributed by atoms with van der Waals surface area (Å²) in [5.41, 5.74) is 4.44. The maximum absolute atomic E-state index is 4.40. The fraction of sp³-hybridized carbons (Fsp3) is 0.167. The minimum atomic E-state index is 0.841. The molecule has 0 aliphatic heterocycles. The molecule has 3 heteroatoms. The van der Waals surface area contributed by atoms with E-state index in [-0.39, 0.29) is 0 Å². The Balaban J connectivity index is 2.01. The predicted molar refractivity (Wildman–Crippen MR) is 85.2 cm³/mol. The van der Waals surface area contributed by atoms with Gasteiger partial charge in [0.05, 0.1) is 12.2 Å². The van der Waals surface area contributed by atoms with Crippen LogP contribution in [0.2, 0.25) is 0 Å². The third-order valence-corrected chi connectivity index (χ3v) is 3.67. The van der Waals surface area contributed by atoms with Crippen molar-refractivity contribution in [3.05, 3.63) is 65.7 Å². The largest absolute Gasteiger partial charge is 0.350 e. The van der Waals surface area contributed by atoms with Crippen LogP contribution in [-0.2, 0) is 7.05 Å². The molecule has 21 heavy (non-hydrogen) atoms. The van der Waals surface area contributed by atoms with E-state index < -0.39 is 0 Å². The van der Waals surface area contributed by atoms with Gasteiger partial charge in [-0.15, -0.1) is 0 Å². The molecule has 1 aromatic heterocycles. The summed E-state index contributed by atoms with van der Waals surface area (Å²) in [5, 5.41) is 9.99. The standard InChI is InChI=1S/C18H18N3/c1-13-8-10-16(14(2)12-13)19-20-18-11-9-15-6-4-5-7-17(15)21(18)3/h4-12H,1-3H3/q+1. The number of aromatic nitrogens is 1. The Labute approximate surface area is 124 Å². The van der Waals surface area contributed by atoms with Gasteiger partial charge in [-0.1, -0.05) is 35.9 Å². The van der Waals surface area contributed by atoms with Crippen molar-refractivity contribution in [2.75, 3.05) is 0 Å². The lowest BCUT2D eigenvalue weighted by Crippen LogP contribution is -2.28. The average molecular weight is 276 g/mol. The Morgan fingerprint density at radius 2 is 1.67 bits per heavy atom. The summed E-state index contributed by atoms with van der Waals surface area (Å²) in [6.07, 6.45) is 0. The third-order valence-electron chi connectivity index (χ3n) is 3.67. The van der Waals surface area contributed by atoms with Crippen LogP contribution in [0.15, 0.2) is 64.8 Å². The number of hydrogen-bond acceptors (Lipinski definition) is 2. The van der Waals surface area contributed by atoms with Crippen molar-refractivity contribution in [2.45, 2.75) is 13.8 Å². The molecular weight excluding hydrogens is 258 g/mol. The van der Waals surface area contributed by atoms with Crippen molar-refractivity contribution < 1.29 is 4.57 Å². The number of nitrogens with zero attached hydrogens (tertiary/aromatic N) is 3. The van der Waals surface area contributed by atoms with Crippen LogP contribution in [0.5, 0.6) is 0 Å². The predicted octanol–water partition coefficient (Wildman–Crippen LogP) is 4.70. The second-order valence-corrected chi connectivity index (χ2v) is 5.30. The van der Waals surface area contributed by atoms with Crippen LogP contribution in [0.3, 0.4) is 0 Å². The zero-order valence-electron chi connectivity index (χ0n) is 12.5. The summed E-state index contributed by atoms with van der Waals surface area (Å²) in [6.45, 7) is 4.14. The molecule has 0 spiro atoms. The van der Waals surface area contributed by atoms with Gasteiger partial charge in [-0.25, -0.2) is 4.57 Å². The van der Waals surface area contributed by atoms with E-state index in [1.807, 2.05) is 31.3 Å². The Morgan fingerprint density at radius 3 is 2.48 bits per heavy atom.